The zero-order chi connectivity index (χ0) is 20.5. The molecule has 0 aliphatic heterocycles. The number of rotatable bonds is 7. The highest BCUT2D eigenvalue weighted by molar-refractivity contribution is 8.00. The van der Waals surface area contributed by atoms with Crippen LogP contribution in [0.15, 0.2) is 51.8 Å². The summed E-state index contributed by atoms with van der Waals surface area (Å²) in [5.41, 5.74) is 3.71. The molecule has 154 valence electrons. The highest BCUT2D eigenvalue weighted by Crippen LogP contribution is 2.31. The Balaban J connectivity index is 1.23. The molecule has 0 bridgehead atoms. The van der Waals surface area contributed by atoms with E-state index in [4.69, 9.17) is 16.0 Å². The number of halogens is 1. The maximum absolute atomic E-state index is 13.0. The summed E-state index contributed by atoms with van der Waals surface area (Å²) in [6.45, 7) is 0.356. The molecule has 0 atom stereocenters. The average molecular weight is 440 g/mol. The molecule has 1 amide bonds. The summed E-state index contributed by atoms with van der Waals surface area (Å²) in [4.78, 5) is 16.0. The number of amides is 1. The van der Waals surface area contributed by atoms with E-state index in [0.29, 0.717) is 29.1 Å². The molecule has 1 aromatic heterocycles. The first-order valence-corrected chi connectivity index (χ1v) is 11.6. The van der Waals surface area contributed by atoms with E-state index in [-0.39, 0.29) is 11.9 Å². The fraction of sp³-hybridized carbons (Fsp3) is 0.348. The van der Waals surface area contributed by atoms with Crippen LogP contribution >= 0.6 is 23.4 Å². The molecule has 0 saturated heterocycles. The van der Waals surface area contributed by atoms with E-state index in [1.54, 1.807) is 23.9 Å². The van der Waals surface area contributed by atoms with Crippen LogP contribution in [-0.2, 0) is 24.2 Å². The molecule has 1 saturated carbocycles. The first-order chi connectivity index (χ1) is 14.7. The van der Waals surface area contributed by atoms with Gasteiger partial charge in [0, 0.05) is 21.5 Å². The van der Waals surface area contributed by atoms with Gasteiger partial charge in [-0.3, -0.25) is 4.79 Å². The topological polar surface area (TPSA) is 59.2 Å². The van der Waals surface area contributed by atoms with Crippen molar-refractivity contribution in [1.29, 1.82) is 0 Å². The summed E-state index contributed by atoms with van der Waals surface area (Å²) in [7, 11) is 0. The van der Waals surface area contributed by atoms with Gasteiger partial charge in [-0.25, -0.2) is 0 Å². The zero-order valence-electron chi connectivity index (χ0n) is 16.5. The Kier molecular flexibility index (Phi) is 5.52. The quantitative estimate of drug-likeness (QED) is 0.476. The maximum atomic E-state index is 13.0. The van der Waals surface area contributed by atoms with Gasteiger partial charge >= 0.3 is 0 Å². The van der Waals surface area contributed by atoms with Crippen molar-refractivity contribution in [1.82, 2.24) is 15.1 Å². The molecule has 5 rings (SSSR count). The number of aromatic nitrogens is 2. The van der Waals surface area contributed by atoms with Crippen LogP contribution in [-0.4, -0.2) is 32.8 Å². The van der Waals surface area contributed by atoms with E-state index in [0.717, 1.165) is 24.8 Å². The predicted octanol–water partition coefficient (Wildman–Crippen LogP) is 5.16. The highest BCUT2D eigenvalue weighted by atomic mass is 35.5. The van der Waals surface area contributed by atoms with Gasteiger partial charge < -0.3 is 9.32 Å². The lowest BCUT2D eigenvalue weighted by Gasteiger charge is -2.20. The van der Waals surface area contributed by atoms with Crippen LogP contribution < -0.4 is 0 Å². The first-order valence-electron chi connectivity index (χ1n) is 10.3. The lowest BCUT2D eigenvalue weighted by Crippen LogP contribution is -2.34. The van der Waals surface area contributed by atoms with Crippen molar-refractivity contribution in [2.24, 2.45) is 0 Å². The van der Waals surface area contributed by atoms with E-state index in [2.05, 4.69) is 28.4 Å². The minimum Gasteiger partial charge on any atom is -0.419 e. The third-order valence-electron chi connectivity index (χ3n) is 5.60. The van der Waals surface area contributed by atoms with Crippen molar-refractivity contribution in [2.75, 3.05) is 5.75 Å². The Morgan fingerprint density at radius 1 is 1.10 bits per heavy atom. The van der Waals surface area contributed by atoms with Gasteiger partial charge in [0.1, 0.15) is 0 Å². The maximum Gasteiger partial charge on any atom is 0.247 e. The number of carbonyl (C=O) groups is 1. The molecule has 2 aliphatic carbocycles. The molecular formula is C23H22ClN3O2S. The predicted molar refractivity (Wildman–Crippen MR) is 118 cm³/mol. The smallest absolute Gasteiger partial charge is 0.247 e. The molecule has 0 spiro atoms. The fourth-order valence-corrected chi connectivity index (χ4v) is 4.82. The summed E-state index contributed by atoms with van der Waals surface area (Å²) in [6, 6.07) is 14.1. The van der Waals surface area contributed by atoms with Gasteiger partial charge in [0.05, 0.1) is 12.3 Å². The number of aryl methyl sites for hydroxylation is 2. The number of thioether (sulfide) groups is 1. The Hall–Kier alpha value is -2.31. The van der Waals surface area contributed by atoms with Gasteiger partial charge in [-0.1, -0.05) is 17.7 Å². The monoisotopic (exact) mass is 439 g/mol. The van der Waals surface area contributed by atoms with Crippen molar-refractivity contribution in [3.8, 4) is 11.5 Å². The van der Waals surface area contributed by atoms with Gasteiger partial charge in [-0.2, -0.15) is 0 Å². The summed E-state index contributed by atoms with van der Waals surface area (Å²) in [5.74, 6) is 1.45. The Labute approximate surface area is 184 Å². The Bertz CT molecular complexity index is 1060. The molecule has 0 radical (unpaired) electrons. The number of carbonyl (C=O) groups excluding carboxylic acids is 1. The molecule has 3 aromatic rings. The molecule has 0 N–H and O–H groups in total. The molecule has 0 unspecified atom stereocenters. The summed E-state index contributed by atoms with van der Waals surface area (Å²) < 4.78 is 5.82. The molecule has 1 fully saturated rings. The largest absolute Gasteiger partial charge is 0.419 e. The molecule has 1 heterocycles. The van der Waals surface area contributed by atoms with E-state index in [1.807, 2.05) is 17.0 Å². The molecule has 30 heavy (non-hydrogen) atoms. The van der Waals surface area contributed by atoms with Gasteiger partial charge in [0.15, 0.2) is 0 Å². The minimum absolute atomic E-state index is 0.120. The molecule has 2 aliphatic rings. The SMILES string of the molecule is O=C(CSc1ccc2c(c1)CCC2)N(Cc1nnc(-c2ccc(Cl)cc2)o1)C1CC1. The van der Waals surface area contributed by atoms with Crippen molar-refractivity contribution >= 4 is 29.3 Å². The summed E-state index contributed by atoms with van der Waals surface area (Å²) >= 11 is 7.55. The van der Waals surface area contributed by atoms with E-state index in [1.165, 1.54) is 28.9 Å². The molecule has 7 heteroatoms. The fourth-order valence-electron chi connectivity index (χ4n) is 3.85. The van der Waals surface area contributed by atoms with Crippen LogP contribution in [0.2, 0.25) is 5.02 Å². The van der Waals surface area contributed by atoms with Gasteiger partial charge in [0.25, 0.3) is 0 Å². The van der Waals surface area contributed by atoms with Crippen LogP contribution in [0.1, 0.15) is 36.3 Å². The third kappa shape index (κ3) is 4.40. The Morgan fingerprint density at radius 2 is 1.90 bits per heavy atom. The van der Waals surface area contributed by atoms with Crippen LogP contribution in [0.25, 0.3) is 11.5 Å². The first kappa shape index (κ1) is 19.6. The summed E-state index contributed by atoms with van der Waals surface area (Å²) in [6.07, 6.45) is 5.64. The van der Waals surface area contributed by atoms with Crippen molar-refractivity contribution in [2.45, 2.75) is 49.6 Å². The van der Waals surface area contributed by atoms with Gasteiger partial charge in [-0.05, 0) is 79.6 Å². The number of benzene rings is 2. The van der Waals surface area contributed by atoms with E-state index >= 15 is 0 Å². The second kappa shape index (κ2) is 8.44. The standard InChI is InChI=1S/C23H22ClN3O2S/c24-18-7-4-16(5-8-18)23-26-25-21(29-23)13-27(19-9-10-19)22(28)14-30-20-11-6-15-2-1-3-17(15)12-20/h4-8,11-12,19H,1-3,9-10,13-14H2. The normalized spacial score (nSPS) is 15.2. The van der Waals surface area contributed by atoms with Crippen molar-refractivity contribution in [3.63, 3.8) is 0 Å². The van der Waals surface area contributed by atoms with Gasteiger partial charge in [0.2, 0.25) is 17.7 Å². The second-order valence-electron chi connectivity index (χ2n) is 7.83. The molecule has 5 nitrogen and oxygen atoms in total. The van der Waals surface area contributed by atoms with Crippen LogP contribution in [0.4, 0.5) is 0 Å². The summed E-state index contributed by atoms with van der Waals surface area (Å²) in [5, 5.41) is 8.94. The van der Waals surface area contributed by atoms with E-state index in [9.17, 15) is 4.79 Å². The lowest BCUT2D eigenvalue weighted by molar-refractivity contribution is -0.129. The van der Waals surface area contributed by atoms with Crippen LogP contribution in [0, 0.1) is 0 Å². The zero-order valence-corrected chi connectivity index (χ0v) is 18.1. The third-order valence-corrected chi connectivity index (χ3v) is 6.83. The molecular weight excluding hydrogens is 418 g/mol. The lowest BCUT2D eigenvalue weighted by atomic mass is 10.1. The van der Waals surface area contributed by atoms with Gasteiger partial charge in [-0.15, -0.1) is 22.0 Å². The number of fused-ring (bicyclic) bond motifs is 1. The number of hydrogen-bond acceptors (Lipinski definition) is 5. The number of nitrogens with zero attached hydrogens (tertiary/aromatic N) is 3. The number of hydrogen-bond donors (Lipinski definition) is 0. The average Bonchev–Trinajstić information content (AvgIpc) is 3.30. The molecule has 2 aromatic carbocycles. The van der Waals surface area contributed by atoms with Crippen molar-refractivity contribution in [3.05, 3.63) is 64.5 Å². The Morgan fingerprint density at radius 3 is 2.70 bits per heavy atom. The van der Waals surface area contributed by atoms with Crippen molar-refractivity contribution < 1.29 is 9.21 Å². The van der Waals surface area contributed by atoms with Crippen LogP contribution in [0.5, 0.6) is 0 Å². The second-order valence-corrected chi connectivity index (χ2v) is 9.32. The highest BCUT2D eigenvalue weighted by Gasteiger charge is 2.33. The van der Waals surface area contributed by atoms with E-state index < -0.39 is 0 Å². The van der Waals surface area contributed by atoms with Crippen LogP contribution in [0.3, 0.4) is 0 Å². The minimum atomic E-state index is 0.120.